The molecule has 5 unspecified atom stereocenters. The minimum atomic E-state index is -1.33. The van der Waals surface area contributed by atoms with E-state index in [1.54, 1.807) is 0 Å². The van der Waals surface area contributed by atoms with Crippen LogP contribution in [-0.2, 0) is 25.6 Å². The van der Waals surface area contributed by atoms with E-state index in [0.717, 1.165) is 0 Å². The number of aliphatic carboxylic acids is 1. The fraction of sp³-hybridized carbons (Fsp3) is 0.520. The highest BCUT2D eigenvalue weighted by Gasteiger charge is 2.31. The van der Waals surface area contributed by atoms with Gasteiger partial charge in [0.2, 0.25) is 17.7 Å². The number of aromatic hydroxyl groups is 1. The Balaban J connectivity index is 3.18. The van der Waals surface area contributed by atoms with E-state index in [1.165, 1.54) is 31.2 Å². The number of carboxylic acid groups (broad SMARTS) is 1. The lowest BCUT2D eigenvalue weighted by Gasteiger charge is -2.25. The number of hydrogen-bond donors (Lipinski definition) is 11. The van der Waals surface area contributed by atoms with Crippen molar-refractivity contribution in [3.05, 3.63) is 29.8 Å². The van der Waals surface area contributed by atoms with E-state index in [1.807, 2.05) is 0 Å². The maximum atomic E-state index is 13.4. The van der Waals surface area contributed by atoms with E-state index < -0.39 is 54.0 Å². The third-order valence-corrected chi connectivity index (χ3v) is 5.97. The standard InChI is InChI=1S/C25H42N10O7/c1-13(36)19(26)22(40)33-16(4-2-10-31-24(27)28)20(38)35-18(12-14-6-8-15(37)9-7-14)21(39)34-17(23(41)42)5-3-11-32-25(29)30/h6-9,13,16-19,36-37H,2-5,10-12,26H2,1H3,(H,33,40)(H,34,39)(H,35,38)(H,41,42)(H4,27,28,31)(H4,29,30,32). The summed E-state index contributed by atoms with van der Waals surface area (Å²) >= 11 is 0. The molecular formula is C25H42N10O7. The zero-order valence-corrected chi connectivity index (χ0v) is 23.4. The van der Waals surface area contributed by atoms with Crippen molar-refractivity contribution in [3.8, 4) is 5.75 Å². The minimum Gasteiger partial charge on any atom is -0.508 e. The first kappa shape index (κ1) is 35.4. The lowest BCUT2D eigenvalue weighted by molar-refractivity contribution is -0.142. The average Bonchev–Trinajstić information content (AvgIpc) is 2.91. The number of aliphatic imine (C=N–C) groups is 2. The molecule has 1 aromatic rings. The van der Waals surface area contributed by atoms with Crippen molar-refractivity contribution < 1.29 is 34.5 Å². The van der Waals surface area contributed by atoms with Crippen LogP contribution in [0.4, 0.5) is 0 Å². The van der Waals surface area contributed by atoms with Gasteiger partial charge in [-0.3, -0.25) is 24.4 Å². The Morgan fingerprint density at radius 2 is 1.24 bits per heavy atom. The van der Waals surface area contributed by atoms with Crippen molar-refractivity contribution in [2.24, 2.45) is 38.7 Å². The third-order valence-electron chi connectivity index (χ3n) is 5.97. The van der Waals surface area contributed by atoms with Crippen LogP contribution >= 0.6 is 0 Å². The van der Waals surface area contributed by atoms with Crippen molar-refractivity contribution in [1.29, 1.82) is 0 Å². The highest BCUT2D eigenvalue weighted by atomic mass is 16.4. The summed E-state index contributed by atoms with van der Waals surface area (Å²) in [5, 5.41) is 36.4. The largest absolute Gasteiger partial charge is 0.508 e. The molecular weight excluding hydrogens is 552 g/mol. The minimum absolute atomic E-state index is 0.00155. The number of aliphatic hydroxyl groups excluding tert-OH is 1. The van der Waals surface area contributed by atoms with Gasteiger partial charge in [0, 0.05) is 19.5 Å². The number of rotatable bonds is 18. The molecule has 0 saturated carbocycles. The molecule has 0 aromatic heterocycles. The summed E-state index contributed by atoms with van der Waals surface area (Å²) in [7, 11) is 0. The van der Waals surface area contributed by atoms with Crippen LogP contribution in [0, 0.1) is 0 Å². The van der Waals surface area contributed by atoms with Crippen molar-refractivity contribution in [3.63, 3.8) is 0 Å². The molecule has 0 bridgehead atoms. The molecule has 0 saturated heterocycles. The van der Waals surface area contributed by atoms with Gasteiger partial charge in [0.15, 0.2) is 11.9 Å². The van der Waals surface area contributed by atoms with Crippen LogP contribution in [0.15, 0.2) is 34.3 Å². The van der Waals surface area contributed by atoms with E-state index >= 15 is 0 Å². The molecule has 3 amide bonds. The summed E-state index contributed by atoms with van der Waals surface area (Å²) < 4.78 is 0. The second kappa shape index (κ2) is 17.9. The number of carbonyl (C=O) groups excluding carboxylic acids is 3. The van der Waals surface area contributed by atoms with E-state index in [0.29, 0.717) is 5.56 Å². The van der Waals surface area contributed by atoms with Crippen LogP contribution < -0.4 is 44.6 Å². The Kier molecular flexibility index (Phi) is 15.1. The Bertz CT molecular complexity index is 1100. The molecule has 42 heavy (non-hydrogen) atoms. The van der Waals surface area contributed by atoms with Gasteiger partial charge in [0.05, 0.1) is 6.10 Å². The number of aliphatic hydroxyl groups is 1. The second-order valence-electron chi connectivity index (χ2n) is 9.56. The summed E-state index contributed by atoms with van der Waals surface area (Å²) in [6.07, 6.45) is -0.748. The monoisotopic (exact) mass is 594 g/mol. The smallest absolute Gasteiger partial charge is 0.326 e. The fourth-order valence-corrected chi connectivity index (χ4v) is 3.64. The maximum absolute atomic E-state index is 13.4. The second-order valence-corrected chi connectivity index (χ2v) is 9.56. The number of hydrogen-bond acceptors (Lipinski definition) is 9. The van der Waals surface area contributed by atoms with Gasteiger partial charge in [-0.25, -0.2) is 4.79 Å². The van der Waals surface area contributed by atoms with Crippen molar-refractivity contribution in [2.45, 2.75) is 69.3 Å². The Labute approximate surface area is 243 Å². The number of carbonyl (C=O) groups is 4. The average molecular weight is 595 g/mol. The van der Waals surface area contributed by atoms with Gasteiger partial charge in [0.25, 0.3) is 0 Å². The van der Waals surface area contributed by atoms with Gasteiger partial charge in [-0.2, -0.15) is 0 Å². The fourth-order valence-electron chi connectivity index (χ4n) is 3.64. The topological polar surface area (TPSA) is 320 Å². The molecule has 0 aliphatic rings. The van der Waals surface area contributed by atoms with Gasteiger partial charge >= 0.3 is 5.97 Å². The van der Waals surface area contributed by atoms with Crippen molar-refractivity contribution >= 4 is 35.6 Å². The van der Waals surface area contributed by atoms with Gasteiger partial charge in [-0.05, 0) is 50.3 Å². The van der Waals surface area contributed by atoms with Gasteiger partial charge in [-0.15, -0.1) is 0 Å². The summed E-state index contributed by atoms with van der Waals surface area (Å²) in [6, 6.07) is 0.698. The molecule has 17 nitrogen and oxygen atoms in total. The highest BCUT2D eigenvalue weighted by molar-refractivity contribution is 5.94. The number of benzene rings is 1. The molecule has 0 aliphatic carbocycles. The molecule has 0 radical (unpaired) electrons. The first-order valence-corrected chi connectivity index (χ1v) is 13.2. The highest BCUT2D eigenvalue weighted by Crippen LogP contribution is 2.12. The lowest BCUT2D eigenvalue weighted by atomic mass is 10.0. The van der Waals surface area contributed by atoms with Gasteiger partial charge < -0.3 is 59.9 Å². The van der Waals surface area contributed by atoms with E-state index in [2.05, 4.69) is 25.9 Å². The molecule has 234 valence electrons. The molecule has 0 spiro atoms. The summed E-state index contributed by atoms with van der Waals surface area (Å²) in [5.41, 5.74) is 27.5. The molecule has 0 heterocycles. The normalized spacial score (nSPS) is 14.3. The molecule has 0 fully saturated rings. The zero-order valence-electron chi connectivity index (χ0n) is 23.4. The van der Waals surface area contributed by atoms with E-state index in [-0.39, 0.29) is 62.9 Å². The Hall–Kier alpha value is -4.64. The quantitative estimate of drug-likeness (QED) is 0.0444. The molecule has 17 heteroatoms. The Morgan fingerprint density at radius 1 is 0.786 bits per heavy atom. The molecule has 0 aliphatic heterocycles. The molecule has 1 aromatic carbocycles. The number of amides is 3. The van der Waals surface area contributed by atoms with Crippen LogP contribution in [0.3, 0.4) is 0 Å². The van der Waals surface area contributed by atoms with E-state index in [4.69, 9.17) is 28.7 Å². The first-order valence-electron chi connectivity index (χ1n) is 13.2. The van der Waals surface area contributed by atoms with Crippen LogP contribution in [0.25, 0.3) is 0 Å². The molecule has 5 atom stereocenters. The predicted molar refractivity (Wildman–Crippen MR) is 155 cm³/mol. The van der Waals surface area contributed by atoms with Gasteiger partial charge in [-0.1, -0.05) is 12.1 Å². The summed E-state index contributed by atoms with van der Waals surface area (Å²) in [6.45, 7) is 1.60. The van der Waals surface area contributed by atoms with Crippen LogP contribution in [0.5, 0.6) is 5.75 Å². The van der Waals surface area contributed by atoms with Gasteiger partial charge in [0.1, 0.15) is 29.9 Å². The van der Waals surface area contributed by atoms with Crippen molar-refractivity contribution in [1.82, 2.24) is 16.0 Å². The SMILES string of the molecule is CC(O)C(N)C(=O)NC(CCCN=C(N)N)C(=O)NC(Cc1ccc(O)cc1)C(=O)NC(CCCN=C(N)N)C(=O)O. The number of nitrogens with one attached hydrogen (secondary N) is 3. The predicted octanol–water partition coefficient (Wildman–Crippen LogP) is -3.71. The van der Waals surface area contributed by atoms with E-state index in [9.17, 15) is 34.5 Å². The Morgan fingerprint density at radius 3 is 1.71 bits per heavy atom. The molecule has 1 rings (SSSR count). The maximum Gasteiger partial charge on any atom is 0.326 e. The van der Waals surface area contributed by atoms with Crippen LogP contribution in [0.2, 0.25) is 0 Å². The third kappa shape index (κ3) is 13.6. The van der Waals surface area contributed by atoms with Crippen molar-refractivity contribution in [2.75, 3.05) is 13.1 Å². The first-order chi connectivity index (χ1) is 19.7. The number of carboxylic acids is 1. The number of nitrogens with zero attached hydrogens (tertiary/aromatic N) is 2. The molecule has 16 N–H and O–H groups in total. The number of phenols is 1. The summed E-state index contributed by atoms with van der Waals surface area (Å²) in [5.74, 6) is -4.03. The zero-order chi connectivity index (χ0) is 31.8. The number of phenolic OH excluding ortho intramolecular Hbond substituents is 1. The number of nitrogens with two attached hydrogens (primary N) is 5. The van der Waals surface area contributed by atoms with Crippen LogP contribution in [-0.4, -0.2) is 94.3 Å². The lowest BCUT2D eigenvalue weighted by Crippen LogP contribution is -2.58. The number of guanidine groups is 2. The van der Waals surface area contributed by atoms with Crippen LogP contribution in [0.1, 0.15) is 38.2 Å². The summed E-state index contributed by atoms with van der Waals surface area (Å²) in [4.78, 5) is 58.6.